The Hall–Kier alpha value is -2.93. The van der Waals surface area contributed by atoms with Crippen molar-refractivity contribution in [3.8, 4) is 0 Å². The van der Waals surface area contributed by atoms with Crippen molar-refractivity contribution in [1.29, 1.82) is 0 Å². The van der Waals surface area contributed by atoms with Crippen molar-refractivity contribution in [2.45, 2.75) is 19.4 Å². The standard InChI is InChI=1S/C23H27FN4O2/c1-26(22(29)20-15-27(2)23(30)21-19(20)6-9-25-21)13-16-7-10-28(11-8-16)14-17-4-3-5-18(24)12-17/h3-6,9,12,15-16,25H,7-8,10-11,13-14H2,1-2H3. The molecule has 3 heterocycles. The van der Waals surface area contributed by atoms with Crippen LogP contribution in [0.3, 0.4) is 0 Å². The smallest absolute Gasteiger partial charge is 0.274 e. The number of piperidine rings is 1. The average molecular weight is 410 g/mol. The number of H-pyrrole nitrogens is 1. The van der Waals surface area contributed by atoms with Crippen LogP contribution in [0.15, 0.2) is 47.5 Å². The SMILES string of the molecule is CN(CC1CCN(Cc2cccc(F)c2)CC1)C(=O)c1cn(C)c(=O)c2[nH]ccc12. The van der Waals surface area contributed by atoms with Gasteiger partial charge in [-0.05, 0) is 55.6 Å². The van der Waals surface area contributed by atoms with Crippen LogP contribution in [0.2, 0.25) is 0 Å². The number of nitrogens with zero attached hydrogens (tertiary/aromatic N) is 3. The molecule has 4 rings (SSSR count). The average Bonchev–Trinajstić information content (AvgIpc) is 3.22. The van der Waals surface area contributed by atoms with Gasteiger partial charge in [0, 0.05) is 45.0 Å². The molecule has 0 spiro atoms. The summed E-state index contributed by atoms with van der Waals surface area (Å²) < 4.78 is 14.8. The molecule has 1 saturated heterocycles. The Balaban J connectivity index is 1.37. The lowest BCUT2D eigenvalue weighted by Gasteiger charge is -2.34. The van der Waals surface area contributed by atoms with E-state index in [0.717, 1.165) is 38.0 Å². The molecule has 1 fully saturated rings. The summed E-state index contributed by atoms with van der Waals surface area (Å²) in [4.78, 5) is 32.3. The summed E-state index contributed by atoms with van der Waals surface area (Å²) in [6.07, 6.45) is 5.32. The Morgan fingerprint density at radius 2 is 2.03 bits per heavy atom. The highest BCUT2D eigenvalue weighted by Crippen LogP contribution is 2.22. The number of carbonyl (C=O) groups is 1. The van der Waals surface area contributed by atoms with Gasteiger partial charge in [-0.25, -0.2) is 4.39 Å². The minimum absolute atomic E-state index is 0.0719. The second kappa shape index (κ2) is 8.44. The summed E-state index contributed by atoms with van der Waals surface area (Å²) in [5, 5.41) is 0.667. The fourth-order valence-electron chi connectivity index (χ4n) is 4.34. The van der Waals surface area contributed by atoms with Crippen LogP contribution >= 0.6 is 0 Å². The van der Waals surface area contributed by atoms with Crippen LogP contribution in [-0.4, -0.2) is 51.9 Å². The topological polar surface area (TPSA) is 61.3 Å². The Morgan fingerprint density at radius 1 is 1.27 bits per heavy atom. The second-order valence-corrected chi connectivity index (χ2v) is 8.26. The molecule has 30 heavy (non-hydrogen) atoms. The first-order valence-corrected chi connectivity index (χ1v) is 10.3. The molecule has 0 radical (unpaired) electrons. The van der Waals surface area contributed by atoms with E-state index in [1.807, 2.05) is 13.1 Å². The zero-order valence-electron chi connectivity index (χ0n) is 17.4. The first-order chi connectivity index (χ1) is 14.4. The summed E-state index contributed by atoms with van der Waals surface area (Å²) >= 11 is 0. The highest BCUT2D eigenvalue weighted by Gasteiger charge is 2.24. The zero-order chi connectivity index (χ0) is 21.3. The number of carbonyl (C=O) groups excluding carboxylic acids is 1. The summed E-state index contributed by atoms with van der Waals surface area (Å²) in [6, 6.07) is 8.54. The van der Waals surface area contributed by atoms with Crippen molar-refractivity contribution in [3.05, 3.63) is 70.0 Å². The number of hydrogen-bond donors (Lipinski definition) is 1. The molecule has 158 valence electrons. The van der Waals surface area contributed by atoms with Gasteiger partial charge in [-0.2, -0.15) is 0 Å². The fraction of sp³-hybridized carbons (Fsp3) is 0.391. The summed E-state index contributed by atoms with van der Waals surface area (Å²) in [5.41, 5.74) is 1.85. The van der Waals surface area contributed by atoms with Gasteiger partial charge in [0.2, 0.25) is 0 Å². The van der Waals surface area contributed by atoms with Gasteiger partial charge in [-0.3, -0.25) is 14.5 Å². The van der Waals surface area contributed by atoms with Crippen LogP contribution in [-0.2, 0) is 13.6 Å². The third-order valence-electron chi connectivity index (χ3n) is 6.01. The third-order valence-corrected chi connectivity index (χ3v) is 6.01. The van der Waals surface area contributed by atoms with Gasteiger partial charge in [-0.1, -0.05) is 12.1 Å². The fourth-order valence-corrected chi connectivity index (χ4v) is 4.34. The number of aromatic amines is 1. The molecule has 3 aromatic rings. The molecule has 0 unspecified atom stereocenters. The normalized spacial score (nSPS) is 15.6. The number of hydrogen-bond acceptors (Lipinski definition) is 3. The largest absolute Gasteiger partial charge is 0.357 e. The monoisotopic (exact) mass is 410 g/mol. The van der Waals surface area contributed by atoms with E-state index in [-0.39, 0.29) is 17.3 Å². The molecule has 0 atom stereocenters. The van der Waals surface area contributed by atoms with E-state index in [1.165, 1.54) is 10.6 Å². The molecular weight excluding hydrogens is 383 g/mol. The number of rotatable bonds is 5. The number of halogens is 1. The highest BCUT2D eigenvalue weighted by atomic mass is 19.1. The molecular formula is C23H27FN4O2. The molecule has 2 aromatic heterocycles. The summed E-state index contributed by atoms with van der Waals surface area (Å²) in [6.45, 7) is 3.31. The zero-order valence-corrected chi connectivity index (χ0v) is 17.4. The third kappa shape index (κ3) is 4.16. The minimum atomic E-state index is -0.197. The van der Waals surface area contributed by atoms with Crippen molar-refractivity contribution >= 4 is 16.8 Å². The maximum absolute atomic E-state index is 13.4. The van der Waals surface area contributed by atoms with Crippen LogP contribution < -0.4 is 5.56 Å². The van der Waals surface area contributed by atoms with Crippen molar-refractivity contribution in [2.75, 3.05) is 26.7 Å². The second-order valence-electron chi connectivity index (χ2n) is 8.26. The molecule has 6 nitrogen and oxygen atoms in total. The highest BCUT2D eigenvalue weighted by molar-refractivity contribution is 6.05. The molecule has 7 heteroatoms. The molecule has 0 saturated carbocycles. The lowest BCUT2D eigenvalue weighted by molar-refractivity contribution is 0.0738. The van der Waals surface area contributed by atoms with Gasteiger partial charge in [0.05, 0.1) is 5.56 Å². The van der Waals surface area contributed by atoms with Gasteiger partial charge < -0.3 is 14.5 Å². The van der Waals surface area contributed by atoms with Gasteiger partial charge >= 0.3 is 0 Å². The van der Waals surface area contributed by atoms with Gasteiger partial charge in [0.1, 0.15) is 11.3 Å². The molecule has 0 aliphatic carbocycles. The molecule has 1 amide bonds. The molecule has 1 aliphatic rings. The van der Waals surface area contributed by atoms with Crippen LogP contribution in [0.1, 0.15) is 28.8 Å². The van der Waals surface area contributed by atoms with Gasteiger partial charge in [0.25, 0.3) is 11.5 Å². The van der Waals surface area contributed by atoms with E-state index in [9.17, 15) is 14.0 Å². The molecule has 1 aromatic carbocycles. The molecule has 1 aliphatic heterocycles. The van der Waals surface area contributed by atoms with E-state index in [0.29, 0.717) is 28.9 Å². The van der Waals surface area contributed by atoms with E-state index in [1.54, 1.807) is 42.5 Å². The Morgan fingerprint density at radius 3 is 2.77 bits per heavy atom. The summed E-state index contributed by atoms with van der Waals surface area (Å²) in [5.74, 6) is 0.159. The van der Waals surface area contributed by atoms with Crippen molar-refractivity contribution in [1.82, 2.24) is 19.4 Å². The summed E-state index contributed by atoms with van der Waals surface area (Å²) in [7, 11) is 3.48. The lowest BCUT2D eigenvalue weighted by atomic mass is 9.95. The predicted molar refractivity (Wildman–Crippen MR) is 115 cm³/mol. The molecule has 1 N–H and O–H groups in total. The first kappa shape index (κ1) is 20.3. The number of benzene rings is 1. The van der Waals surface area contributed by atoms with Crippen LogP contribution in [0, 0.1) is 11.7 Å². The molecule has 0 bridgehead atoms. The van der Waals surface area contributed by atoms with Gasteiger partial charge in [0.15, 0.2) is 0 Å². The van der Waals surface area contributed by atoms with Gasteiger partial charge in [-0.15, -0.1) is 0 Å². The maximum atomic E-state index is 13.4. The number of likely N-dealkylation sites (tertiary alicyclic amines) is 1. The predicted octanol–water partition coefficient (Wildman–Crippen LogP) is 2.99. The number of fused-ring (bicyclic) bond motifs is 1. The quantitative estimate of drug-likeness (QED) is 0.704. The Bertz CT molecular complexity index is 1110. The Labute approximate surface area is 174 Å². The number of aromatic nitrogens is 2. The lowest BCUT2D eigenvalue weighted by Crippen LogP contribution is -2.39. The number of aryl methyl sites for hydroxylation is 1. The number of nitrogens with one attached hydrogen (secondary N) is 1. The van der Waals surface area contributed by atoms with E-state index in [4.69, 9.17) is 0 Å². The Kier molecular flexibility index (Phi) is 5.72. The van der Waals surface area contributed by atoms with Crippen LogP contribution in [0.4, 0.5) is 4.39 Å². The van der Waals surface area contributed by atoms with Crippen LogP contribution in [0.5, 0.6) is 0 Å². The van der Waals surface area contributed by atoms with Crippen LogP contribution in [0.25, 0.3) is 10.9 Å². The van der Waals surface area contributed by atoms with E-state index < -0.39 is 0 Å². The number of amides is 1. The minimum Gasteiger partial charge on any atom is -0.357 e. The van der Waals surface area contributed by atoms with E-state index >= 15 is 0 Å². The van der Waals surface area contributed by atoms with Crippen molar-refractivity contribution in [3.63, 3.8) is 0 Å². The number of pyridine rings is 1. The first-order valence-electron chi connectivity index (χ1n) is 10.3. The maximum Gasteiger partial charge on any atom is 0.274 e. The van der Waals surface area contributed by atoms with E-state index in [2.05, 4.69) is 9.88 Å². The van der Waals surface area contributed by atoms with Crippen molar-refractivity contribution in [2.24, 2.45) is 13.0 Å². The van der Waals surface area contributed by atoms with Crippen molar-refractivity contribution < 1.29 is 9.18 Å².